The van der Waals surface area contributed by atoms with Crippen LogP contribution in [0.5, 0.6) is 0 Å². The predicted molar refractivity (Wildman–Crippen MR) is 166 cm³/mol. The monoisotopic (exact) mass is 618 g/mol. The second-order valence-corrected chi connectivity index (χ2v) is 14.4. The molecule has 1 saturated heterocycles. The van der Waals surface area contributed by atoms with Crippen LogP contribution in [0.3, 0.4) is 0 Å². The second-order valence-electron chi connectivity index (χ2n) is 13.4. The Morgan fingerprint density at radius 1 is 1.12 bits per heavy atom. The van der Waals surface area contributed by atoms with Gasteiger partial charge in [0.05, 0.1) is 11.0 Å². The molecule has 240 valence electrons. The second kappa shape index (κ2) is 15.1. The first kappa shape index (κ1) is 34.5. The summed E-state index contributed by atoms with van der Waals surface area (Å²) >= 11 is 1.57. The summed E-state index contributed by atoms with van der Waals surface area (Å²) in [6.45, 7) is 9.97. The van der Waals surface area contributed by atoms with Gasteiger partial charge in [-0.15, -0.1) is 11.3 Å². The number of hydrogen-bond donors (Lipinski definition) is 4. The number of nitrogens with two attached hydrogens (primary N) is 1. The molecule has 5 N–H and O–H groups in total. The van der Waals surface area contributed by atoms with E-state index in [0.29, 0.717) is 25.8 Å². The molecule has 1 aromatic heterocycles. The van der Waals surface area contributed by atoms with E-state index in [4.69, 9.17) is 5.73 Å². The van der Waals surface area contributed by atoms with Crippen molar-refractivity contribution in [3.05, 3.63) is 16.6 Å². The number of amides is 5. The fourth-order valence-electron chi connectivity index (χ4n) is 6.41. The number of hydrogen-bond acceptors (Lipinski definition) is 7. The summed E-state index contributed by atoms with van der Waals surface area (Å²) in [5, 5.41) is 11.8. The molecule has 0 spiro atoms. The number of Topliss-reactive ketones (excluding diaryl/α,β-unsaturated/α-hetero) is 1. The Balaban J connectivity index is 1.74. The van der Waals surface area contributed by atoms with Gasteiger partial charge in [-0.05, 0) is 43.4 Å². The van der Waals surface area contributed by atoms with Crippen LogP contribution in [0.2, 0.25) is 0 Å². The molecular weight excluding hydrogens is 568 g/mol. The number of likely N-dealkylation sites (tertiary alicyclic amines) is 1. The third-order valence-corrected chi connectivity index (χ3v) is 9.46. The molecule has 12 heteroatoms. The number of nitrogens with zero attached hydrogens (tertiary/aromatic N) is 2. The van der Waals surface area contributed by atoms with E-state index < -0.39 is 52.7 Å². The van der Waals surface area contributed by atoms with Crippen molar-refractivity contribution in [1.82, 2.24) is 25.8 Å². The Morgan fingerprint density at radius 3 is 2.40 bits per heavy atom. The van der Waals surface area contributed by atoms with Crippen molar-refractivity contribution in [2.24, 2.45) is 17.1 Å². The molecule has 1 aromatic rings. The molecule has 1 aliphatic heterocycles. The number of ketones is 1. The number of primary amides is 1. The van der Waals surface area contributed by atoms with Crippen LogP contribution in [0.1, 0.15) is 104 Å². The molecule has 3 rings (SSSR count). The van der Waals surface area contributed by atoms with Crippen molar-refractivity contribution in [2.45, 2.75) is 129 Å². The van der Waals surface area contributed by atoms with E-state index in [9.17, 15) is 24.0 Å². The molecule has 4 unspecified atom stereocenters. The molecule has 0 radical (unpaired) electrons. The summed E-state index contributed by atoms with van der Waals surface area (Å²) in [7, 11) is 0. The van der Waals surface area contributed by atoms with E-state index in [1.54, 1.807) is 17.5 Å². The highest BCUT2D eigenvalue weighted by Crippen LogP contribution is 2.32. The van der Waals surface area contributed by atoms with Crippen LogP contribution in [0.15, 0.2) is 11.6 Å². The summed E-state index contributed by atoms with van der Waals surface area (Å²) in [6, 6.07) is -3.17. The standard InChI is InChI=1S/C31H50N6O5S/c1-6-11-20(2)18-21(24(38)26(32)39)34-27(40)22-12-10-16-37(22)28(41)25(30(3,4)5)35-29(42)36-31(13-8-7-9-14-31)19-23-33-15-17-43-23/h15,17,20-22,25H,6-14,16,18-19H2,1-5H3,(H2,32,39)(H,34,40)(H2,35,36,42). The third-order valence-electron chi connectivity index (χ3n) is 8.68. The van der Waals surface area contributed by atoms with Gasteiger partial charge in [0.1, 0.15) is 12.1 Å². The number of nitrogens with one attached hydrogen (secondary N) is 3. The van der Waals surface area contributed by atoms with Gasteiger partial charge < -0.3 is 26.6 Å². The molecule has 1 aliphatic carbocycles. The maximum atomic E-state index is 14.0. The number of aromatic nitrogens is 1. The Kier molecular flexibility index (Phi) is 12.1. The van der Waals surface area contributed by atoms with E-state index >= 15 is 0 Å². The van der Waals surface area contributed by atoms with Crippen LogP contribution in [0, 0.1) is 11.3 Å². The van der Waals surface area contributed by atoms with Crippen molar-refractivity contribution in [3.63, 3.8) is 0 Å². The van der Waals surface area contributed by atoms with Crippen LogP contribution >= 0.6 is 11.3 Å². The third kappa shape index (κ3) is 9.48. The van der Waals surface area contributed by atoms with Crippen molar-refractivity contribution in [3.8, 4) is 0 Å². The highest BCUT2D eigenvalue weighted by atomic mass is 32.1. The van der Waals surface area contributed by atoms with Gasteiger partial charge in [-0.3, -0.25) is 19.2 Å². The van der Waals surface area contributed by atoms with Gasteiger partial charge in [0.25, 0.3) is 5.91 Å². The Bertz CT molecular complexity index is 1130. The van der Waals surface area contributed by atoms with Crippen molar-refractivity contribution in [1.29, 1.82) is 0 Å². The Hall–Kier alpha value is -3.02. The number of urea groups is 1. The van der Waals surface area contributed by atoms with E-state index in [1.165, 1.54) is 4.90 Å². The van der Waals surface area contributed by atoms with Gasteiger partial charge in [0, 0.05) is 30.1 Å². The first-order valence-electron chi connectivity index (χ1n) is 15.7. The van der Waals surface area contributed by atoms with E-state index in [0.717, 1.165) is 50.0 Å². The molecule has 0 aromatic carbocycles. The quantitative estimate of drug-likeness (QED) is 0.247. The first-order chi connectivity index (χ1) is 20.3. The largest absolute Gasteiger partial charge is 0.363 e. The Morgan fingerprint density at radius 2 is 1.81 bits per heavy atom. The maximum absolute atomic E-state index is 14.0. The molecule has 0 bridgehead atoms. The summed E-state index contributed by atoms with van der Waals surface area (Å²) in [5.74, 6) is -2.68. The zero-order valence-corrected chi connectivity index (χ0v) is 27.2. The fourth-order valence-corrected chi connectivity index (χ4v) is 7.17. The molecule has 5 amide bonds. The number of carbonyl (C=O) groups excluding carboxylic acids is 5. The number of carbonyl (C=O) groups is 5. The van der Waals surface area contributed by atoms with Gasteiger partial charge >= 0.3 is 6.03 Å². The van der Waals surface area contributed by atoms with E-state index in [1.807, 2.05) is 40.0 Å². The normalized spacial score (nSPS) is 20.5. The molecule has 1 saturated carbocycles. The van der Waals surface area contributed by atoms with E-state index in [-0.39, 0.29) is 18.2 Å². The van der Waals surface area contributed by atoms with Crippen molar-refractivity contribution >= 4 is 40.9 Å². The molecule has 43 heavy (non-hydrogen) atoms. The molecule has 11 nitrogen and oxygen atoms in total. The molecule has 2 fully saturated rings. The summed E-state index contributed by atoms with van der Waals surface area (Å²) in [4.78, 5) is 71.2. The lowest BCUT2D eigenvalue weighted by Gasteiger charge is -2.40. The molecule has 2 heterocycles. The number of rotatable bonds is 13. The van der Waals surface area contributed by atoms with Crippen LogP contribution in [0.4, 0.5) is 4.79 Å². The van der Waals surface area contributed by atoms with E-state index in [2.05, 4.69) is 20.9 Å². The summed E-state index contributed by atoms with van der Waals surface area (Å²) < 4.78 is 0. The zero-order valence-electron chi connectivity index (χ0n) is 26.4. The van der Waals surface area contributed by atoms with Crippen LogP contribution < -0.4 is 21.7 Å². The van der Waals surface area contributed by atoms with Crippen molar-refractivity contribution in [2.75, 3.05) is 6.54 Å². The zero-order chi connectivity index (χ0) is 31.8. The minimum atomic E-state index is -1.10. The van der Waals surface area contributed by atoms with Crippen LogP contribution in [-0.4, -0.2) is 69.6 Å². The molecule has 4 atom stereocenters. The minimum absolute atomic E-state index is 0.0935. The average molecular weight is 619 g/mol. The number of thiazole rings is 1. The minimum Gasteiger partial charge on any atom is -0.363 e. The lowest BCUT2D eigenvalue weighted by Crippen LogP contribution is -2.62. The van der Waals surface area contributed by atoms with Gasteiger partial charge in [0.15, 0.2) is 0 Å². The van der Waals surface area contributed by atoms with Gasteiger partial charge in [0.2, 0.25) is 17.6 Å². The summed E-state index contributed by atoms with van der Waals surface area (Å²) in [6.07, 6.45) is 10.3. The van der Waals surface area contributed by atoms with Crippen molar-refractivity contribution < 1.29 is 24.0 Å². The highest BCUT2D eigenvalue weighted by molar-refractivity contribution is 7.09. The smallest absolute Gasteiger partial charge is 0.315 e. The van der Waals surface area contributed by atoms with Crippen LogP contribution in [-0.2, 0) is 25.6 Å². The lowest BCUT2D eigenvalue weighted by atomic mass is 9.79. The Labute approximate surface area is 259 Å². The predicted octanol–water partition coefficient (Wildman–Crippen LogP) is 3.46. The van der Waals surface area contributed by atoms with Gasteiger partial charge in [-0.25, -0.2) is 9.78 Å². The van der Waals surface area contributed by atoms with Gasteiger partial charge in [-0.1, -0.05) is 66.7 Å². The highest BCUT2D eigenvalue weighted by Gasteiger charge is 2.44. The average Bonchev–Trinajstić information content (AvgIpc) is 3.63. The molecule has 2 aliphatic rings. The maximum Gasteiger partial charge on any atom is 0.315 e. The lowest BCUT2D eigenvalue weighted by molar-refractivity contribution is -0.143. The first-order valence-corrected chi connectivity index (χ1v) is 16.6. The SMILES string of the molecule is CCCC(C)CC(NC(=O)C1CCCN1C(=O)C(NC(=O)NC1(Cc2nccs2)CCCCC1)C(C)(C)C)C(=O)C(N)=O. The van der Waals surface area contributed by atoms with Gasteiger partial charge in [-0.2, -0.15) is 0 Å². The topological polar surface area (TPSA) is 164 Å². The van der Waals surface area contributed by atoms with Crippen LogP contribution in [0.25, 0.3) is 0 Å². The summed E-state index contributed by atoms with van der Waals surface area (Å²) in [5.41, 5.74) is 4.21. The molecular formula is C31H50N6O5S. The fraction of sp³-hybridized carbons (Fsp3) is 0.742.